The van der Waals surface area contributed by atoms with E-state index in [1.54, 1.807) is 35.2 Å². The number of rotatable bonds is 7. The van der Waals surface area contributed by atoms with Crippen LogP contribution in [0.25, 0.3) is 11.0 Å². The van der Waals surface area contributed by atoms with Crippen LogP contribution in [-0.2, 0) is 0 Å². The summed E-state index contributed by atoms with van der Waals surface area (Å²) in [5.74, 6) is 0.436. The van der Waals surface area contributed by atoms with Crippen LogP contribution in [0.5, 0.6) is 5.75 Å². The smallest absolute Gasteiger partial charge is 0.290 e. The summed E-state index contributed by atoms with van der Waals surface area (Å²) in [5.41, 5.74) is 1.38. The summed E-state index contributed by atoms with van der Waals surface area (Å²) >= 11 is 6.07. The average molecular weight is 441 g/mol. The predicted octanol–water partition coefficient (Wildman–Crippen LogP) is 4.34. The molecular formula is C24H25ClN2O4. The highest BCUT2D eigenvalue weighted by atomic mass is 35.5. The lowest BCUT2D eigenvalue weighted by atomic mass is 9.98. The topological polar surface area (TPSA) is 63.0 Å². The Balaban J connectivity index is 1.85. The number of carbonyl (C=O) groups excluding carboxylic acids is 1. The molecule has 0 fully saturated rings. The molecule has 4 rings (SSSR count). The molecule has 6 nitrogen and oxygen atoms in total. The highest BCUT2D eigenvalue weighted by Crippen LogP contribution is 2.38. The first-order valence-corrected chi connectivity index (χ1v) is 10.7. The molecule has 2 aromatic carbocycles. The number of hydrogen-bond acceptors (Lipinski definition) is 5. The van der Waals surface area contributed by atoms with Crippen molar-refractivity contribution in [2.45, 2.75) is 19.4 Å². The van der Waals surface area contributed by atoms with Crippen molar-refractivity contribution in [1.29, 1.82) is 0 Å². The fraction of sp³-hybridized carbons (Fsp3) is 0.333. The van der Waals surface area contributed by atoms with Crippen molar-refractivity contribution >= 4 is 28.5 Å². The Bertz CT molecular complexity index is 1170. The Labute approximate surface area is 186 Å². The van der Waals surface area contributed by atoms with Gasteiger partial charge in [0, 0.05) is 17.6 Å². The van der Waals surface area contributed by atoms with Crippen molar-refractivity contribution in [3.05, 3.63) is 74.6 Å². The number of fused-ring (bicyclic) bond motifs is 2. The van der Waals surface area contributed by atoms with Gasteiger partial charge in [0.2, 0.25) is 5.76 Å². The quantitative estimate of drug-likeness (QED) is 0.546. The van der Waals surface area contributed by atoms with E-state index in [1.807, 2.05) is 33.2 Å². The molecule has 1 aliphatic rings. The van der Waals surface area contributed by atoms with Gasteiger partial charge in [0.25, 0.3) is 5.91 Å². The first-order valence-electron chi connectivity index (χ1n) is 10.4. The van der Waals surface area contributed by atoms with Crippen LogP contribution >= 0.6 is 11.6 Å². The summed E-state index contributed by atoms with van der Waals surface area (Å²) in [7, 11) is 3.98. The maximum absolute atomic E-state index is 13.5. The van der Waals surface area contributed by atoms with Crippen LogP contribution < -0.4 is 10.2 Å². The molecule has 0 radical (unpaired) electrons. The zero-order valence-corrected chi connectivity index (χ0v) is 18.6. The van der Waals surface area contributed by atoms with Crippen LogP contribution in [0.4, 0.5) is 0 Å². The maximum atomic E-state index is 13.5. The monoisotopic (exact) mass is 440 g/mol. The van der Waals surface area contributed by atoms with E-state index in [0.717, 1.165) is 18.5 Å². The lowest BCUT2D eigenvalue weighted by Gasteiger charge is -2.25. The summed E-state index contributed by atoms with van der Waals surface area (Å²) in [6, 6.07) is 11.9. The Kier molecular flexibility index (Phi) is 6.03. The van der Waals surface area contributed by atoms with Gasteiger partial charge in [-0.15, -0.1) is 0 Å². The molecule has 1 atom stereocenters. The summed E-state index contributed by atoms with van der Waals surface area (Å²) in [6.07, 6.45) is 0.777. The minimum absolute atomic E-state index is 0.107. The van der Waals surface area contributed by atoms with Gasteiger partial charge in [-0.25, -0.2) is 0 Å². The number of amides is 1. The zero-order valence-electron chi connectivity index (χ0n) is 17.9. The summed E-state index contributed by atoms with van der Waals surface area (Å²) < 4.78 is 11.5. The Hall–Kier alpha value is -2.83. The van der Waals surface area contributed by atoms with E-state index < -0.39 is 6.04 Å². The molecule has 0 saturated heterocycles. The summed E-state index contributed by atoms with van der Waals surface area (Å²) in [5, 5.41) is 1.03. The molecule has 1 aromatic heterocycles. The van der Waals surface area contributed by atoms with Gasteiger partial charge >= 0.3 is 0 Å². The second-order valence-corrected chi connectivity index (χ2v) is 8.31. The molecule has 3 aromatic rings. The van der Waals surface area contributed by atoms with Crippen molar-refractivity contribution in [2.24, 2.45) is 0 Å². The number of hydrogen-bond donors (Lipinski definition) is 0. The Morgan fingerprint density at radius 2 is 1.87 bits per heavy atom. The van der Waals surface area contributed by atoms with Crippen molar-refractivity contribution < 1.29 is 13.9 Å². The molecule has 7 heteroatoms. The average Bonchev–Trinajstić information content (AvgIpc) is 3.01. The third kappa shape index (κ3) is 4.05. The van der Waals surface area contributed by atoms with E-state index in [2.05, 4.69) is 4.90 Å². The predicted molar refractivity (Wildman–Crippen MR) is 121 cm³/mol. The first kappa shape index (κ1) is 21.4. The van der Waals surface area contributed by atoms with Gasteiger partial charge < -0.3 is 19.0 Å². The molecule has 1 unspecified atom stereocenters. The zero-order chi connectivity index (χ0) is 22.1. The SMILES string of the molecule is CCOc1ccc2c(=O)c3c(oc2c1)C(=O)N(CCCN(C)C)C3c1ccc(Cl)cc1. The lowest BCUT2D eigenvalue weighted by Crippen LogP contribution is -2.32. The third-order valence-corrected chi connectivity index (χ3v) is 5.69. The van der Waals surface area contributed by atoms with Crippen molar-refractivity contribution in [3.63, 3.8) is 0 Å². The van der Waals surface area contributed by atoms with Crippen LogP contribution in [-0.4, -0.2) is 49.5 Å². The summed E-state index contributed by atoms with van der Waals surface area (Å²) in [6.45, 7) is 3.72. The number of benzene rings is 2. The fourth-order valence-corrected chi connectivity index (χ4v) is 4.16. The molecule has 2 heterocycles. The minimum Gasteiger partial charge on any atom is -0.494 e. The van der Waals surface area contributed by atoms with Gasteiger partial charge in [-0.1, -0.05) is 23.7 Å². The van der Waals surface area contributed by atoms with Crippen LogP contribution in [0.2, 0.25) is 5.02 Å². The summed E-state index contributed by atoms with van der Waals surface area (Å²) in [4.78, 5) is 30.6. The molecule has 162 valence electrons. The molecule has 31 heavy (non-hydrogen) atoms. The van der Waals surface area contributed by atoms with E-state index in [9.17, 15) is 9.59 Å². The minimum atomic E-state index is -0.505. The van der Waals surface area contributed by atoms with Gasteiger partial charge in [-0.2, -0.15) is 0 Å². The third-order valence-electron chi connectivity index (χ3n) is 5.44. The van der Waals surface area contributed by atoms with Crippen LogP contribution in [0.1, 0.15) is 41.1 Å². The molecule has 1 aliphatic heterocycles. The highest BCUT2D eigenvalue weighted by Gasteiger charge is 2.42. The van der Waals surface area contributed by atoms with Gasteiger partial charge in [-0.05, 0) is 63.8 Å². The van der Waals surface area contributed by atoms with Crippen LogP contribution in [0, 0.1) is 0 Å². The van der Waals surface area contributed by atoms with Gasteiger partial charge in [0.15, 0.2) is 5.43 Å². The molecule has 0 saturated carbocycles. The maximum Gasteiger partial charge on any atom is 0.290 e. The number of ether oxygens (including phenoxy) is 1. The van der Waals surface area contributed by atoms with Crippen molar-refractivity contribution in [3.8, 4) is 5.75 Å². The number of halogens is 1. The molecule has 0 N–H and O–H groups in total. The van der Waals surface area contributed by atoms with E-state index in [0.29, 0.717) is 40.5 Å². The number of carbonyl (C=O) groups is 1. The lowest BCUT2D eigenvalue weighted by molar-refractivity contribution is 0.0722. The van der Waals surface area contributed by atoms with Crippen LogP contribution in [0.15, 0.2) is 51.7 Å². The largest absolute Gasteiger partial charge is 0.494 e. The number of nitrogens with zero attached hydrogens (tertiary/aromatic N) is 2. The molecule has 0 spiro atoms. The van der Waals surface area contributed by atoms with E-state index in [4.69, 9.17) is 20.8 Å². The molecule has 1 amide bonds. The van der Waals surface area contributed by atoms with Crippen LogP contribution in [0.3, 0.4) is 0 Å². The highest BCUT2D eigenvalue weighted by molar-refractivity contribution is 6.30. The first-order chi connectivity index (χ1) is 14.9. The second-order valence-electron chi connectivity index (χ2n) is 7.87. The van der Waals surface area contributed by atoms with Gasteiger partial charge in [0.05, 0.1) is 23.6 Å². The molecule has 0 bridgehead atoms. The van der Waals surface area contributed by atoms with Crippen molar-refractivity contribution in [1.82, 2.24) is 9.80 Å². The fourth-order valence-electron chi connectivity index (χ4n) is 4.03. The van der Waals surface area contributed by atoms with Gasteiger partial charge in [0.1, 0.15) is 11.3 Å². The molecular weight excluding hydrogens is 416 g/mol. The Morgan fingerprint density at radius 1 is 1.13 bits per heavy atom. The standard InChI is InChI=1S/C24H25ClN2O4/c1-4-30-17-10-11-18-19(14-17)31-23-20(22(18)28)21(15-6-8-16(25)9-7-15)27(24(23)29)13-5-12-26(2)3/h6-11,14,21H,4-5,12-13H2,1-3H3. The second kappa shape index (κ2) is 8.73. The van der Waals surface area contributed by atoms with E-state index >= 15 is 0 Å². The molecule has 0 aliphatic carbocycles. The van der Waals surface area contributed by atoms with Crippen molar-refractivity contribution in [2.75, 3.05) is 33.8 Å². The van der Waals surface area contributed by atoms with E-state index in [1.165, 1.54) is 0 Å². The van der Waals surface area contributed by atoms with E-state index in [-0.39, 0.29) is 17.1 Å². The Morgan fingerprint density at radius 3 is 2.55 bits per heavy atom. The normalized spacial score (nSPS) is 15.7. The van der Waals surface area contributed by atoms with Gasteiger partial charge in [-0.3, -0.25) is 9.59 Å².